The van der Waals surface area contributed by atoms with E-state index in [0.717, 1.165) is 38.2 Å². The van der Waals surface area contributed by atoms with Gasteiger partial charge in [-0.3, -0.25) is 9.78 Å². The first-order valence-corrected chi connectivity index (χ1v) is 9.02. The minimum Gasteiger partial charge on any atom is -0.437 e. The Morgan fingerprint density at radius 1 is 1.04 bits per heavy atom. The van der Waals surface area contributed by atoms with Crippen LogP contribution >= 0.6 is 0 Å². The number of hydrogen-bond acceptors (Lipinski definition) is 6. The molecule has 0 aliphatic carbocycles. The Bertz CT molecular complexity index is 886. The highest BCUT2D eigenvalue weighted by atomic mass is 16.5. The van der Waals surface area contributed by atoms with E-state index >= 15 is 0 Å². The van der Waals surface area contributed by atoms with Crippen molar-refractivity contribution in [3.8, 4) is 11.6 Å². The third kappa shape index (κ3) is 4.03. The zero-order chi connectivity index (χ0) is 18.5. The van der Waals surface area contributed by atoms with E-state index in [1.807, 2.05) is 0 Å². The van der Waals surface area contributed by atoms with Crippen LogP contribution in [-0.4, -0.2) is 38.9 Å². The summed E-state index contributed by atoms with van der Waals surface area (Å²) in [6, 6.07) is 6.95. The van der Waals surface area contributed by atoms with Gasteiger partial charge in [-0.25, -0.2) is 9.97 Å². The Kier molecular flexibility index (Phi) is 5.20. The zero-order valence-electron chi connectivity index (χ0n) is 14.8. The average Bonchev–Trinajstić information content (AvgIpc) is 3.11. The number of carbonyl (C=O) groups is 1. The lowest BCUT2D eigenvalue weighted by Gasteiger charge is -2.16. The molecule has 7 heteroatoms. The number of H-pyrrole nitrogens is 1. The maximum absolute atomic E-state index is 12.3. The Morgan fingerprint density at radius 3 is 2.70 bits per heavy atom. The van der Waals surface area contributed by atoms with Gasteiger partial charge >= 0.3 is 0 Å². The molecule has 2 aromatic heterocycles. The van der Waals surface area contributed by atoms with Crippen LogP contribution in [0.15, 0.2) is 49.1 Å². The van der Waals surface area contributed by atoms with Gasteiger partial charge in [-0.15, -0.1) is 0 Å². The minimum absolute atomic E-state index is 0.162. The van der Waals surface area contributed by atoms with Gasteiger partial charge < -0.3 is 14.5 Å². The van der Waals surface area contributed by atoms with Crippen molar-refractivity contribution in [2.45, 2.75) is 25.2 Å². The summed E-state index contributed by atoms with van der Waals surface area (Å²) < 4.78 is 11.5. The molecule has 1 atom stereocenters. The molecule has 1 fully saturated rings. The lowest BCUT2D eigenvalue weighted by Crippen LogP contribution is -2.06. The highest BCUT2D eigenvalue weighted by Crippen LogP contribution is 2.33. The third-order valence-corrected chi connectivity index (χ3v) is 4.57. The summed E-state index contributed by atoms with van der Waals surface area (Å²) in [5, 5.41) is 0. The molecule has 1 N–H and O–H groups in total. The van der Waals surface area contributed by atoms with Gasteiger partial charge in [0.15, 0.2) is 5.82 Å². The summed E-state index contributed by atoms with van der Waals surface area (Å²) >= 11 is 0. The van der Waals surface area contributed by atoms with Crippen molar-refractivity contribution in [1.29, 1.82) is 0 Å². The van der Waals surface area contributed by atoms with Crippen molar-refractivity contribution < 1.29 is 14.3 Å². The molecule has 7 nitrogen and oxygen atoms in total. The standard InChI is InChI=1S/C20H20N4O3/c25-18(19-22-9-10-23-19)15-3-5-16(6-4-15)27-20-17(21-8-11-24-20)14-2-1-12-26-13-7-14/h3-6,8-11,14H,1-2,7,12-13H2,(H,22,23). The van der Waals surface area contributed by atoms with Gasteiger partial charge in [-0.1, -0.05) is 0 Å². The molecule has 3 aromatic rings. The van der Waals surface area contributed by atoms with Gasteiger partial charge in [-0.05, 0) is 43.5 Å². The van der Waals surface area contributed by atoms with Crippen LogP contribution < -0.4 is 4.74 Å². The van der Waals surface area contributed by atoms with Gasteiger partial charge in [0.05, 0.1) is 0 Å². The molecule has 138 valence electrons. The Hall–Kier alpha value is -3.06. The first-order chi connectivity index (χ1) is 13.3. The van der Waals surface area contributed by atoms with Crippen molar-refractivity contribution in [2.24, 2.45) is 0 Å². The van der Waals surface area contributed by atoms with E-state index in [1.165, 1.54) is 0 Å². The summed E-state index contributed by atoms with van der Waals surface area (Å²) in [5.41, 5.74) is 1.40. The second kappa shape index (κ2) is 8.09. The molecule has 1 saturated heterocycles. The normalized spacial score (nSPS) is 17.3. The van der Waals surface area contributed by atoms with E-state index in [9.17, 15) is 4.79 Å². The lowest BCUT2D eigenvalue weighted by atomic mass is 9.97. The number of carbonyl (C=O) groups excluding carboxylic acids is 1. The fourth-order valence-corrected chi connectivity index (χ4v) is 3.18. The fraction of sp³-hybridized carbons (Fsp3) is 0.300. The SMILES string of the molecule is O=C(c1ccc(Oc2nccnc2C2CCCOCC2)cc1)c1ncc[nH]1. The van der Waals surface area contributed by atoms with E-state index in [2.05, 4.69) is 19.9 Å². The smallest absolute Gasteiger partial charge is 0.241 e. The highest BCUT2D eigenvalue weighted by molar-refractivity contribution is 6.06. The van der Waals surface area contributed by atoms with Crippen LogP contribution in [0, 0.1) is 0 Å². The first kappa shape index (κ1) is 17.4. The Labute approximate surface area is 156 Å². The van der Waals surface area contributed by atoms with Gasteiger partial charge in [0.25, 0.3) is 0 Å². The first-order valence-electron chi connectivity index (χ1n) is 9.02. The van der Waals surface area contributed by atoms with Crippen LogP contribution in [0.1, 0.15) is 47.1 Å². The maximum Gasteiger partial charge on any atom is 0.241 e. The molecule has 0 amide bonds. The number of aromatic amines is 1. The maximum atomic E-state index is 12.3. The van der Waals surface area contributed by atoms with E-state index in [1.54, 1.807) is 49.1 Å². The summed E-state index contributed by atoms with van der Waals surface area (Å²) in [5.74, 6) is 1.55. The number of benzene rings is 1. The number of imidazole rings is 1. The van der Waals surface area contributed by atoms with Crippen LogP contribution in [0.2, 0.25) is 0 Å². The summed E-state index contributed by atoms with van der Waals surface area (Å²) in [4.78, 5) is 28.0. The number of aromatic nitrogens is 4. The molecule has 0 bridgehead atoms. The molecule has 3 heterocycles. The molecule has 1 aromatic carbocycles. The Balaban J connectivity index is 1.52. The largest absolute Gasteiger partial charge is 0.437 e. The topological polar surface area (TPSA) is 90.0 Å². The second-order valence-electron chi connectivity index (χ2n) is 6.38. The Morgan fingerprint density at radius 2 is 1.89 bits per heavy atom. The molecule has 1 unspecified atom stereocenters. The van der Waals surface area contributed by atoms with Crippen LogP contribution in [0.5, 0.6) is 11.6 Å². The molecule has 1 aliphatic heterocycles. The minimum atomic E-state index is -0.162. The lowest BCUT2D eigenvalue weighted by molar-refractivity contribution is 0.103. The summed E-state index contributed by atoms with van der Waals surface area (Å²) in [7, 11) is 0. The van der Waals surface area contributed by atoms with Gasteiger partial charge in [0, 0.05) is 49.5 Å². The fourth-order valence-electron chi connectivity index (χ4n) is 3.18. The number of rotatable bonds is 5. The molecular formula is C20H20N4O3. The molecular weight excluding hydrogens is 344 g/mol. The molecule has 0 spiro atoms. The van der Waals surface area contributed by atoms with Gasteiger partial charge in [0.1, 0.15) is 11.4 Å². The predicted molar refractivity (Wildman–Crippen MR) is 98.0 cm³/mol. The van der Waals surface area contributed by atoms with E-state index < -0.39 is 0 Å². The molecule has 0 saturated carbocycles. The van der Waals surface area contributed by atoms with Gasteiger partial charge in [-0.2, -0.15) is 0 Å². The quantitative estimate of drug-likeness (QED) is 0.697. The van der Waals surface area contributed by atoms with Crippen molar-refractivity contribution in [3.63, 3.8) is 0 Å². The number of hydrogen-bond donors (Lipinski definition) is 1. The van der Waals surface area contributed by atoms with Gasteiger partial charge in [0.2, 0.25) is 11.7 Å². The highest BCUT2D eigenvalue weighted by Gasteiger charge is 2.21. The summed E-state index contributed by atoms with van der Waals surface area (Å²) in [6.07, 6.45) is 9.42. The molecule has 27 heavy (non-hydrogen) atoms. The summed E-state index contributed by atoms with van der Waals surface area (Å²) in [6.45, 7) is 1.52. The van der Waals surface area contributed by atoms with Crippen molar-refractivity contribution in [1.82, 2.24) is 19.9 Å². The molecule has 0 radical (unpaired) electrons. The van der Waals surface area contributed by atoms with Crippen LogP contribution in [-0.2, 0) is 4.74 Å². The van der Waals surface area contributed by atoms with Crippen molar-refractivity contribution in [3.05, 3.63) is 66.1 Å². The second-order valence-corrected chi connectivity index (χ2v) is 6.38. The van der Waals surface area contributed by atoms with E-state index in [0.29, 0.717) is 23.0 Å². The van der Waals surface area contributed by atoms with E-state index in [-0.39, 0.29) is 11.7 Å². The number of ketones is 1. The van der Waals surface area contributed by atoms with Crippen LogP contribution in [0.3, 0.4) is 0 Å². The molecule has 1 aliphatic rings. The monoisotopic (exact) mass is 364 g/mol. The zero-order valence-corrected chi connectivity index (χ0v) is 14.8. The average molecular weight is 364 g/mol. The van der Waals surface area contributed by atoms with Crippen molar-refractivity contribution >= 4 is 5.78 Å². The molecule has 4 rings (SSSR count). The van der Waals surface area contributed by atoms with E-state index in [4.69, 9.17) is 9.47 Å². The number of nitrogens with zero attached hydrogens (tertiary/aromatic N) is 3. The van der Waals surface area contributed by atoms with Crippen molar-refractivity contribution in [2.75, 3.05) is 13.2 Å². The third-order valence-electron chi connectivity index (χ3n) is 4.57. The van der Waals surface area contributed by atoms with Crippen LogP contribution in [0.4, 0.5) is 0 Å². The number of ether oxygens (including phenoxy) is 2. The number of nitrogens with one attached hydrogen (secondary N) is 1. The van der Waals surface area contributed by atoms with Crippen LogP contribution in [0.25, 0.3) is 0 Å². The predicted octanol–water partition coefficient (Wildman–Crippen LogP) is 3.51.